The molecule has 166 valence electrons. The van der Waals surface area contributed by atoms with Crippen molar-refractivity contribution in [2.24, 2.45) is 5.92 Å². The van der Waals surface area contributed by atoms with Crippen LogP contribution in [0, 0.1) is 5.92 Å². The molecule has 3 aliphatic rings. The number of amides is 1. The van der Waals surface area contributed by atoms with Crippen LogP contribution < -0.4 is 5.32 Å². The van der Waals surface area contributed by atoms with Gasteiger partial charge >= 0.3 is 6.09 Å². The van der Waals surface area contributed by atoms with Crippen LogP contribution in [-0.4, -0.2) is 60.5 Å². The van der Waals surface area contributed by atoms with Crippen LogP contribution in [-0.2, 0) is 19.0 Å². The van der Waals surface area contributed by atoms with E-state index < -0.39 is 6.09 Å². The van der Waals surface area contributed by atoms with Crippen molar-refractivity contribution in [3.8, 4) is 5.75 Å². The van der Waals surface area contributed by atoms with Crippen molar-refractivity contribution >= 4 is 18.0 Å². The van der Waals surface area contributed by atoms with E-state index in [1.807, 2.05) is 16.6 Å². The fraction of sp³-hybridized carbons (Fsp3) is 0.667. The predicted molar refractivity (Wildman–Crippen MR) is 111 cm³/mol. The third-order valence-electron chi connectivity index (χ3n) is 5.62. The molecule has 2 heterocycles. The number of benzene rings is 1. The highest BCUT2D eigenvalue weighted by Gasteiger charge is 2.43. The maximum Gasteiger partial charge on any atom is 0.407 e. The summed E-state index contributed by atoms with van der Waals surface area (Å²) in [6.07, 6.45) is 5.46. The molecule has 30 heavy (non-hydrogen) atoms. The maximum absolute atomic E-state index is 12.1. The Bertz CT molecular complexity index is 702. The summed E-state index contributed by atoms with van der Waals surface area (Å²) in [5.41, 5.74) is 0. The van der Waals surface area contributed by atoms with Gasteiger partial charge in [-0.1, -0.05) is 18.9 Å². The van der Waals surface area contributed by atoms with Crippen LogP contribution >= 0.6 is 11.9 Å². The van der Waals surface area contributed by atoms with E-state index in [1.54, 1.807) is 12.1 Å². The number of aromatic hydroxyl groups is 1. The van der Waals surface area contributed by atoms with E-state index in [-0.39, 0.29) is 30.2 Å². The van der Waals surface area contributed by atoms with Gasteiger partial charge in [-0.3, -0.25) is 4.84 Å². The molecule has 1 aliphatic carbocycles. The molecule has 9 heteroatoms. The first-order valence-electron chi connectivity index (χ1n) is 10.8. The van der Waals surface area contributed by atoms with Gasteiger partial charge in [0.25, 0.3) is 0 Å². The number of alkyl carbamates (subject to hydrolysis) is 1. The number of nitrogens with one attached hydrogen (secondary N) is 1. The average molecular weight is 439 g/mol. The molecular formula is C21H30N2O6S. The van der Waals surface area contributed by atoms with Crippen LogP contribution in [0.5, 0.6) is 5.75 Å². The molecule has 3 atom stereocenters. The largest absolute Gasteiger partial charge is 0.508 e. The summed E-state index contributed by atoms with van der Waals surface area (Å²) in [7, 11) is 0. The number of ether oxygens (including phenoxy) is 3. The Labute approximate surface area is 181 Å². The lowest BCUT2D eigenvalue weighted by Crippen LogP contribution is -2.34. The first kappa shape index (κ1) is 21.7. The zero-order valence-electron chi connectivity index (χ0n) is 17.0. The maximum atomic E-state index is 12.1. The van der Waals surface area contributed by atoms with Crippen molar-refractivity contribution in [3.63, 3.8) is 0 Å². The first-order chi connectivity index (χ1) is 14.7. The molecule has 8 nitrogen and oxygen atoms in total. The van der Waals surface area contributed by atoms with Crippen LogP contribution in [0.15, 0.2) is 29.2 Å². The number of carbonyl (C=O) groups is 1. The summed E-state index contributed by atoms with van der Waals surface area (Å²) in [4.78, 5) is 19.2. The number of carbonyl (C=O) groups excluding carboxylic acids is 1. The summed E-state index contributed by atoms with van der Waals surface area (Å²) in [5.74, 6) is 0.376. The molecule has 2 unspecified atom stereocenters. The Hall–Kier alpha value is -1.52. The van der Waals surface area contributed by atoms with Crippen molar-refractivity contribution in [2.45, 2.75) is 61.9 Å². The van der Waals surface area contributed by atoms with E-state index in [0.717, 1.165) is 24.2 Å². The molecule has 0 radical (unpaired) electrons. The summed E-state index contributed by atoms with van der Waals surface area (Å²) >= 11 is 1.46. The predicted octanol–water partition coefficient (Wildman–Crippen LogP) is 3.45. The average Bonchev–Trinajstić information content (AvgIpc) is 3.45. The zero-order chi connectivity index (χ0) is 20.8. The molecule has 3 fully saturated rings. The lowest BCUT2D eigenvalue weighted by Gasteiger charge is -2.24. The number of hydrogen-bond donors (Lipinski definition) is 2. The fourth-order valence-corrected chi connectivity index (χ4v) is 5.00. The molecule has 1 aromatic carbocycles. The lowest BCUT2D eigenvalue weighted by molar-refractivity contribution is -0.122. The highest BCUT2D eigenvalue weighted by Crippen LogP contribution is 2.33. The molecule has 0 bridgehead atoms. The van der Waals surface area contributed by atoms with Crippen molar-refractivity contribution in [2.75, 3.05) is 26.3 Å². The van der Waals surface area contributed by atoms with Crippen LogP contribution in [0.2, 0.25) is 0 Å². The van der Waals surface area contributed by atoms with Gasteiger partial charge in [-0.2, -0.15) is 0 Å². The van der Waals surface area contributed by atoms with Crippen LogP contribution in [0.1, 0.15) is 38.5 Å². The third-order valence-corrected chi connectivity index (χ3v) is 6.56. The first-order valence-corrected chi connectivity index (χ1v) is 11.5. The van der Waals surface area contributed by atoms with Gasteiger partial charge in [-0.05, 0) is 55.8 Å². The zero-order valence-corrected chi connectivity index (χ0v) is 17.9. The van der Waals surface area contributed by atoms with E-state index in [1.165, 1.54) is 24.8 Å². The van der Waals surface area contributed by atoms with E-state index >= 15 is 0 Å². The van der Waals surface area contributed by atoms with Crippen molar-refractivity contribution < 1.29 is 28.9 Å². The van der Waals surface area contributed by atoms with Gasteiger partial charge < -0.3 is 24.6 Å². The molecule has 2 saturated heterocycles. The molecule has 2 aliphatic heterocycles. The van der Waals surface area contributed by atoms with Crippen molar-refractivity contribution in [1.29, 1.82) is 0 Å². The standard InChI is InChI=1S/C21H30N2O6S/c24-15-5-3-8-17(13-15)30-23(29-16-6-1-2-7-16)11-4-10-22-21(25)28-19-14-27-20-18(19)9-12-26-20/h3,5,8,13,16,18-20,24H,1-2,4,6-7,9-12,14H2,(H,22,25)/t18?,19-,20?/m0/s1. The number of fused-ring (bicyclic) bond motifs is 1. The molecule has 4 rings (SSSR count). The molecule has 1 saturated carbocycles. The summed E-state index contributed by atoms with van der Waals surface area (Å²) in [6, 6.07) is 7.12. The number of nitrogens with zero attached hydrogens (tertiary/aromatic N) is 1. The number of hydroxylamine groups is 1. The molecule has 1 amide bonds. The highest BCUT2D eigenvalue weighted by molar-refractivity contribution is 7.96. The molecule has 0 spiro atoms. The van der Waals surface area contributed by atoms with Gasteiger partial charge in [-0.25, -0.2) is 4.79 Å². The lowest BCUT2D eigenvalue weighted by atomic mass is 10.0. The second-order valence-corrected chi connectivity index (χ2v) is 8.97. The molecule has 0 aromatic heterocycles. The summed E-state index contributed by atoms with van der Waals surface area (Å²) in [5, 5.41) is 12.5. The molecule has 2 N–H and O–H groups in total. The van der Waals surface area contributed by atoms with E-state index in [4.69, 9.17) is 19.0 Å². The second kappa shape index (κ2) is 10.7. The highest BCUT2D eigenvalue weighted by atomic mass is 32.2. The summed E-state index contributed by atoms with van der Waals surface area (Å²) in [6.45, 7) is 2.18. The number of phenolic OH excluding ortho intramolecular Hbond substituents is 1. The van der Waals surface area contributed by atoms with Crippen LogP contribution in [0.3, 0.4) is 0 Å². The minimum absolute atomic E-state index is 0.143. The number of rotatable bonds is 9. The normalized spacial score (nSPS) is 26.2. The van der Waals surface area contributed by atoms with Gasteiger partial charge in [0.1, 0.15) is 11.9 Å². The van der Waals surface area contributed by atoms with Crippen LogP contribution in [0.25, 0.3) is 0 Å². The minimum atomic E-state index is -0.417. The second-order valence-electron chi connectivity index (χ2n) is 7.91. The van der Waals surface area contributed by atoms with E-state index in [9.17, 15) is 9.90 Å². The quantitative estimate of drug-likeness (QED) is 0.344. The Morgan fingerprint density at radius 2 is 2.13 bits per heavy atom. The number of phenols is 1. The van der Waals surface area contributed by atoms with E-state index in [2.05, 4.69) is 5.32 Å². The topological polar surface area (TPSA) is 89.5 Å². The minimum Gasteiger partial charge on any atom is -0.508 e. The third kappa shape index (κ3) is 6.01. The van der Waals surface area contributed by atoms with Gasteiger partial charge in [0.05, 0.1) is 25.2 Å². The van der Waals surface area contributed by atoms with Gasteiger partial charge in [0.15, 0.2) is 6.29 Å². The fourth-order valence-electron chi connectivity index (χ4n) is 4.06. The Balaban J connectivity index is 1.20. The Morgan fingerprint density at radius 1 is 1.27 bits per heavy atom. The van der Waals surface area contributed by atoms with Gasteiger partial charge in [-0.15, -0.1) is 4.47 Å². The Morgan fingerprint density at radius 3 is 2.97 bits per heavy atom. The smallest absolute Gasteiger partial charge is 0.407 e. The van der Waals surface area contributed by atoms with Crippen molar-refractivity contribution in [3.05, 3.63) is 24.3 Å². The molecular weight excluding hydrogens is 408 g/mol. The monoisotopic (exact) mass is 438 g/mol. The van der Waals surface area contributed by atoms with Gasteiger partial charge in [0.2, 0.25) is 0 Å². The van der Waals surface area contributed by atoms with Gasteiger partial charge in [0, 0.05) is 18.0 Å². The van der Waals surface area contributed by atoms with Crippen LogP contribution in [0.4, 0.5) is 4.79 Å². The number of hydrogen-bond acceptors (Lipinski definition) is 8. The SMILES string of the molecule is O=C(NCCCN(OC1CCCC1)Sc1cccc(O)c1)O[C@H]1COC2OCCC21. The Kier molecular flexibility index (Phi) is 7.72. The molecule has 1 aromatic rings. The van der Waals surface area contributed by atoms with Crippen molar-refractivity contribution in [1.82, 2.24) is 9.79 Å². The summed E-state index contributed by atoms with van der Waals surface area (Å²) < 4.78 is 18.3. The van der Waals surface area contributed by atoms with E-state index in [0.29, 0.717) is 32.7 Å².